The van der Waals surface area contributed by atoms with Crippen molar-refractivity contribution in [3.63, 3.8) is 0 Å². The Balaban J connectivity index is 1.62. The van der Waals surface area contributed by atoms with Crippen molar-refractivity contribution < 1.29 is 4.79 Å². The van der Waals surface area contributed by atoms with Gasteiger partial charge in [0.1, 0.15) is 0 Å². The molecule has 140 valence electrons. The average Bonchev–Trinajstić information content (AvgIpc) is 3.24. The number of aryl methyl sites for hydroxylation is 1. The zero-order valence-electron chi connectivity index (χ0n) is 16.0. The van der Waals surface area contributed by atoms with Gasteiger partial charge in [-0.25, -0.2) is 4.68 Å². The number of aromatic nitrogens is 2. The van der Waals surface area contributed by atoms with E-state index in [1.54, 1.807) is 11.3 Å². The van der Waals surface area contributed by atoms with Crippen LogP contribution in [0.2, 0.25) is 0 Å². The second kappa shape index (κ2) is 6.97. The number of carbonyl (C=O) groups is 1. The lowest BCUT2D eigenvalue weighted by atomic mass is 9.74. The SMILES string of the molecule is Cc1ccc(-n2ncc3c2CC(C)(C)CC3NC(=O)Cc2ccsc2)cc1. The van der Waals surface area contributed by atoms with Crippen LogP contribution in [-0.4, -0.2) is 15.7 Å². The average molecular weight is 380 g/mol. The lowest BCUT2D eigenvalue weighted by Gasteiger charge is -2.36. The summed E-state index contributed by atoms with van der Waals surface area (Å²) in [5, 5.41) is 12.0. The normalized spacial score (nSPS) is 18.1. The summed E-state index contributed by atoms with van der Waals surface area (Å²) >= 11 is 1.62. The van der Waals surface area contributed by atoms with E-state index in [2.05, 4.69) is 55.5 Å². The molecule has 0 bridgehead atoms. The number of fused-ring (bicyclic) bond motifs is 1. The molecule has 0 saturated heterocycles. The van der Waals surface area contributed by atoms with Crippen molar-refractivity contribution in [3.8, 4) is 5.69 Å². The molecule has 1 aliphatic carbocycles. The van der Waals surface area contributed by atoms with E-state index < -0.39 is 0 Å². The molecule has 0 fully saturated rings. The number of nitrogens with zero attached hydrogens (tertiary/aromatic N) is 2. The summed E-state index contributed by atoms with van der Waals surface area (Å²) in [7, 11) is 0. The number of carbonyl (C=O) groups excluding carboxylic acids is 1. The van der Waals surface area contributed by atoms with Crippen LogP contribution < -0.4 is 5.32 Å². The topological polar surface area (TPSA) is 46.9 Å². The van der Waals surface area contributed by atoms with Crippen molar-refractivity contribution in [1.82, 2.24) is 15.1 Å². The monoisotopic (exact) mass is 379 g/mol. The van der Waals surface area contributed by atoms with Gasteiger partial charge in [-0.3, -0.25) is 4.79 Å². The molecule has 1 N–H and O–H groups in total. The van der Waals surface area contributed by atoms with Gasteiger partial charge in [0, 0.05) is 5.56 Å². The van der Waals surface area contributed by atoms with Crippen LogP contribution in [0.25, 0.3) is 5.69 Å². The fourth-order valence-electron chi connectivity index (χ4n) is 3.90. The fraction of sp³-hybridized carbons (Fsp3) is 0.364. The zero-order valence-corrected chi connectivity index (χ0v) is 16.8. The summed E-state index contributed by atoms with van der Waals surface area (Å²) in [6.45, 7) is 6.62. The summed E-state index contributed by atoms with van der Waals surface area (Å²) < 4.78 is 2.04. The van der Waals surface area contributed by atoms with Gasteiger partial charge in [-0.05, 0) is 59.7 Å². The molecular weight excluding hydrogens is 354 g/mol. The second-order valence-corrected chi connectivity index (χ2v) is 9.05. The lowest BCUT2D eigenvalue weighted by molar-refractivity contribution is -0.121. The van der Waals surface area contributed by atoms with Crippen molar-refractivity contribution in [2.45, 2.75) is 46.1 Å². The number of thiophene rings is 1. The number of rotatable bonds is 4. The molecule has 2 aromatic heterocycles. The molecule has 0 radical (unpaired) electrons. The Kier molecular flexibility index (Phi) is 4.64. The highest BCUT2D eigenvalue weighted by atomic mass is 32.1. The third kappa shape index (κ3) is 3.83. The van der Waals surface area contributed by atoms with Gasteiger partial charge in [0.2, 0.25) is 5.91 Å². The summed E-state index contributed by atoms with van der Waals surface area (Å²) in [5.41, 5.74) is 5.84. The number of hydrogen-bond donors (Lipinski definition) is 1. The Morgan fingerprint density at radius 1 is 1.30 bits per heavy atom. The summed E-state index contributed by atoms with van der Waals surface area (Å²) in [4.78, 5) is 12.6. The van der Waals surface area contributed by atoms with Crippen LogP contribution in [0.1, 0.15) is 48.7 Å². The van der Waals surface area contributed by atoms with Gasteiger partial charge in [0.15, 0.2) is 0 Å². The zero-order chi connectivity index (χ0) is 19.0. The van der Waals surface area contributed by atoms with Gasteiger partial charge in [0.25, 0.3) is 0 Å². The van der Waals surface area contributed by atoms with E-state index in [0.29, 0.717) is 6.42 Å². The molecule has 0 aliphatic heterocycles. The molecule has 4 rings (SSSR count). The maximum atomic E-state index is 12.6. The van der Waals surface area contributed by atoms with E-state index >= 15 is 0 Å². The van der Waals surface area contributed by atoms with Gasteiger partial charge >= 0.3 is 0 Å². The second-order valence-electron chi connectivity index (χ2n) is 8.27. The highest BCUT2D eigenvalue weighted by molar-refractivity contribution is 7.08. The largest absolute Gasteiger partial charge is 0.349 e. The molecule has 1 unspecified atom stereocenters. The molecule has 27 heavy (non-hydrogen) atoms. The first kappa shape index (κ1) is 18.0. The molecule has 1 aliphatic rings. The van der Waals surface area contributed by atoms with E-state index in [0.717, 1.165) is 29.7 Å². The lowest BCUT2D eigenvalue weighted by Crippen LogP contribution is -2.37. The number of amides is 1. The highest BCUT2D eigenvalue weighted by Gasteiger charge is 2.36. The predicted molar refractivity (Wildman–Crippen MR) is 109 cm³/mol. The Hall–Kier alpha value is -2.40. The van der Waals surface area contributed by atoms with Crippen molar-refractivity contribution in [2.75, 3.05) is 0 Å². The van der Waals surface area contributed by atoms with Crippen LogP contribution in [0.15, 0.2) is 47.3 Å². The van der Waals surface area contributed by atoms with Crippen LogP contribution >= 0.6 is 11.3 Å². The van der Waals surface area contributed by atoms with Gasteiger partial charge in [-0.2, -0.15) is 16.4 Å². The Morgan fingerprint density at radius 3 is 2.78 bits per heavy atom. The third-order valence-electron chi connectivity index (χ3n) is 5.24. The molecule has 4 nitrogen and oxygen atoms in total. The fourth-order valence-corrected chi connectivity index (χ4v) is 4.57. The first-order valence-corrected chi connectivity index (χ1v) is 10.3. The predicted octanol–water partition coefficient (Wildman–Crippen LogP) is 4.61. The molecule has 1 atom stereocenters. The third-order valence-corrected chi connectivity index (χ3v) is 5.97. The van der Waals surface area contributed by atoms with Gasteiger partial charge in [0.05, 0.1) is 30.0 Å². The van der Waals surface area contributed by atoms with Crippen LogP contribution in [0.4, 0.5) is 0 Å². The van der Waals surface area contributed by atoms with Crippen molar-refractivity contribution in [1.29, 1.82) is 0 Å². The standard InChI is InChI=1S/C22H25N3OS/c1-15-4-6-17(7-5-15)25-20-12-22(2,3)11-19(18(20)13-23-25)24-21(26)10-16-8-9-27-14-16/h4-9,13-14,19H,10-12H2,1-3H3,(H,24,26). The van der Waals surface area contributed by atoms with Gasteiger partial charge < -0.3 is 5.32 Å². The highest BCUT2D eigenvalue weighted by Crippen LogP contribution is 2.41. The molecule has 5 heteroatoms. The maximum Gasteiger partial charge on any atom is 0.224 e. The minimum atomic E-state index is 0.00841. The van der Waals surface area contributed by atoms with Crippen molar-refractivity contribution in [3.05, 3.63) is 69.7 Å². The molecular formula is C22H25N3OS. The first-order valence-electron chi connectivity index (χ1n) is 9.36. The van der Waals surface area contributed by atoms with Gasteiger partial charge in [-0.1, -0.05) is 31.5 Å². The molecule has 0 spiro atoms. The first-order chi connectivity index (χ1) is 12.9. The van der Waals surface area contributed by atoms with Crippen LogP contribution in [0, 0.1) is 12.3 Å². The summed E-state index contributed by atoms with van der Waals surface area (Å²) in [5.74, 6) is 0.0742. The van der Waals surface area contributed by atoms with Crippen LogP contribution in [0.3, 0.4) is 0 Å². The van der Waals surface area contributed by atoms with E-state index in [1.807, 2.05) is 27.7 Å². The molecule has 2 heterocycles. The summed E-state index contributed by atoms with van der Waals surface area (Å²) in [6.07, 6.45) is 4.24. The molecule has 1 aromatic carbocycles. The Morgan fingerprint density at radius 2 is 2.07 bits per heavy atom. The summed E-state index contributed by atoms with van der Waals surface area (Å²) in [6, 6.07) is 10.4. The number of hydrogen-bond acceptors (Lipinski definition) is 3. The van der Waals surface area contributed by atoms with Crippen molar-refractivity contribution in [2.24, 2.45) is 5.41 Å². The number of benzene rings is 1. The van der Waals surface area contributed by atoms with Gasteiger partial charge in [-0.15, -0.1) is 0 Å². The van der Waals surface area contributed by atoms with Crippen LogP contribution in [-0.2, 0) is 17.6 Å². The smallest absolute Gasteiger partial charge is 0.224 e. The van der Waals surface area contributed by atoms with Crippen molar-refractivity contribution >= 4 is 17.2 Å². The number of nitrogens with one attached hydrogen (secondary N) is 1. The molecule has 0 saturated carbocycles. The Bertz CT molecular complexity index is 939. The Labute approximate surface area is 164 Å². The quantitative estimate of drug-likeness (QED) is 0.719. The van der Waals surface area contributed by atoms with E-state index in [-0.39, 0.29) is 17.4 Å². The molecule has 3 aromatic rings. The maximum absolute atomic E-state index is 12.6. The minimum absolute atomic E-state index is 0.00841. The molecule has 1 amide bonds. The minimum Gasteiger partial charge on any atom is -0.349 e. The van der Waals surface area contributed by atoms with E-state index in [4.69, 9.17) is 0 Å². The van der Waals surface area contributed by atoms with E-state index in [9.17, 15) is 4.79 Å². The van der Waals surface area contributed by atoms with Crippen LogP contribution in [0.5, 0.6) is 0 Å². The van der Waals surface area contributed by atoms with E-state index in [1.165, 1.54) is 11.3 Å².